The highest BCUT2D eigenvalue weighted by atomic mass is 16.2. The van der Waals surface area contributed by atoms with Crippen LogP contribution < -0.4 is 10.6 Å². The van der Waals surface area contributed by atoms with E-state index < -0.39 is 6.03 Å². The van der Waals surface area contributed by atoms with Gasteiger partial charge in [-0.15, -0.1) is 0 Å². The molecule has 0 radical (unpaired) electrons. The molecule has 1 fully saturated rings. The standard InChI is InChI=1S/C10H11N3O2/c1-6-3-4-7(13(6)2)5-8-9(14)12-10(15)11-8/h3-5H,1-2H3,(H2,11,12,14,15)/b8-5+. The third kappa shape index (κ3) is 1.63. The first-order chi connectivity index (χ1) is 7.08. The lowest BCUT2D eigenvalue weighted by Gasteiger charge is -2.00. The van der Waals surface area contributed by atoms with Gasteiger partial charge in [-0.25, -0.2) is 4.79 Å². The largest absolute Gasteiger partial charge is 0.348 e. The predicted molar refractivity (Wildman–Crippen MR) is 54.8 cm³/mol. The van der Waals surface area contributed by atoms with Gasteiger partial charge >= 0.3 is 6.03 Å². The maximum absolute atomic E-state index is 11.2. The van der Waals surface area contributed by atoms with Crippen molar-refractivity contribution in [1.29, 1.82) is 0 Å². The van der Waals surface area contributed by atoms with E-state index in [1.54, 1.807) is 6.08 Å². The molecule has 0 aliphatic carbocycles. The molecule has 15 heavy (non-hydrogen) atoms. The number of nitrogens with one attached hydrogen (secondary N) is 2. The molecular formula is C10H11N3O2. The molecule has 1 aromatic heterocycles. The van der Waals surface area contributed by atoms with Gasteiger partial charge in [0.1, 0.15) is 5.70 Å². The van der Waals surface area contributed by atoms with Crippen LogP contribution in [0.15, 0.2) is 17.8 Å². The number of hydrogen-bond donors (Lipinski definition) is 2. The smallest absolute Gasteiger partial charge is 0.326 e. The van der Waals surface area contributed by atoms with Crippen LogP contribution in [0.3, 0.4) is 0 Å². The SMILES string of the molecule is Cc1ccc(/C=C2/NC(=O)NC2=O)n1C. The molecular weight excluding hydrogens is 194 g/mol. The van der Waals surface area contributed by atoms with Crippen molar-refractivity contribution in [2.45, 2.75) is 6.92 Å². The lowest BCUT2D eigenvalue weighted by atomic mass is 10.3. The Morgan fingerprint density at radius 3 is 2.47 bits per heavy atom. The summed E-state index contributed by atoms with van der Waals surface area (Å²) in [6.45, 7) is 1.97. The Kier molecular flexibility index (Phi) is 2.07. The molecule has 0 spiro atoms. The van der Waals surface area contributed by atoms with Gasteiger partial charge in [0.05, 0.1) is 0 Å². The van der Waals surface area contributed by atoms with E-state index in [-0.39, 0.29) is 11.6 Å². The Morgan fingerprint density at radius 1 is 1.27 bits per heavy atom. The van der Waals surface area contributed by atoms with Gasteiger partial charge in [-0.1, -0.05) is 0 Å². The van der Waals surface area contributed by atoms with Crippen LogP contribution in [0.4, 0.5) is 4.79 Å². The summed E-state index contributed by atoms with van der Waals surface area (Å²) in [5.41, 5.74) is 2.24. The van der Waals surface area contributed by atoms with E-state index in [0.29, 0.717) is 0 Å². The van der Waals surface area contributed by atoms with Gasteiger partial charge < -0.3 is 9.88 Å². The summed E-state index contributed by atoms with van der Waals surface area (Å²) >= 11 is 0. The van der Waals surface area contributed by atoms with E-state index in [1.807, 2.05) is 30.7 Å². The van der Waals surface area contributed by atoms with Crippen LogP contribution in [0.5, 0.6) is 0 Å². The Bertz CT molecular complexity index is 471. The second-order valence-electron chi connectivity index (χ2n) is 3.42. The van der Waals surface area contributed by atoms with Crippen molar-refractivity contribution in [3.8, 4) is 0 Å². The van der Waals surface area contributed by atoms with E-state index >= 15 is 0 Å². The number of imide groups is 1. The molecule has 2 rings (SSSR count). The zero-order valence-corrected chi connectivity index (χ0v) is 8.50. The van der Waals surface area contributed by atoms with Gasteiger partial charge in [0.15, 0.2) is 0 Å². The van der Waals surface area contributed by atoms with Gasteiger partial charge in [-0.05, 0) is 25.1 Å². The molecule has 0 saturated carbocycles. The van der Waals surface area contributed by atoms with E-state index in [1.165, 1.54) is 0 Å². The fraction of sp³-hybridized carbons (Fsp3) is 0.200. The van der Waals surface area contributed by atoms with E-state index in [2.05, 4.69) is 10.6 Å². The first-order valence-electron chi connectivity index (χ1n) is 4.54. The second-order valence-corrected chi connectivity index (χ2v) is 3.42. The van der Waals surface area contributed by atoms with Gasteiger partial charge in [0.25, 0.3) is 5.91 Å². The molecule has 0 atom stereocenters. The van der Waals surface area contributed by atoms with Crippen LogP contribution in [0.1, 0.15) is 11.4 Å². The fourth-order valence-corrected chi connectivity index (χ4v) is 1.41. The monoisotopic (exact) mass is 205 g/mol. The number of rotatable bonds is 1. The summed E-state index contributed by atoms with van der Waals surface area (Å²) in [6, 6.07) is 3.36. The van der Waals surface area contributed by atoms with Gasteiger partial charge in [-0.3, -0.25) is 10.1 Å². The number of aromatic nitrogens is 1. The lowest BCUT2D eigenvalue weighted by molar-refractivity contribution is -0.115. The topological polar surface area (TPSA) is 63.1 Å². The summed E-state index contributed by atoms with van der Waals surface area (Å²) in [6.07, 6.45) is 1.65. The second kappa shape index (κ2) is 3.27. The number of amides is 3. The van der Waals surface area contributed by atoms with E-state index in [0.717, 1.165) is 11.4 Å². The molecule has 1 aromatic rings. The minimum absolute atomic E-state index is 0.279. The summed E-state index contributed by atoms with van der Waals surface area (Å²) in [5.74, 6) is -0.390. The Morgan fingerprint density at radius 2 is 2.00 bits per heavy atom. The van der Waals surface area contributed by atoms with Crippen molar-refractivity contribution >= 4 is 18.0 Å². The van der Waals surface area contributed by atoms with Crippen LogP contribution in [-0.4, -0.2) is 16.5 Å². The van der Waals surface area contributed by atoms with Gasteiger partial charge in [-0.2, -0.15) is 0 Å². The van der Waals surface area contributed by atoms with Crippen molar-refractivity contribution in [2.24, 2.45) is 7.05 Å². The molecule has 2 N–H and O–H groups in total. The highest BCUT2D eigenvalue weighted by Crippen LogP contribution is 2.11. The number of aryl methyl sites for hydroxylation is 1. The molecule has 78 valence electrons. The zero-order valence-electron chi connectivity index (χ0n) is 8.50. The molecule has 5 heteroatoms. The third-order valence-electron chi connectivity index (χ3n) is 2.42. The Hall–Kier alpha value is -2.04. The van der Waals surface area contributed by atoms with Gasteiger partial charge in [0, 0.05) is 18.4 Å². The quantitative estimate of drug-likeness (QED) is 0.518. The molecule has 2 heterocycles. The van der Waals surface area contributed by atoms with Crippen molar-refractivity contribution in [1.82, 2.24) is 15.2 Å². The maximum Gasteiger partial charge on any atom is 0.326 e. The van der Waals surface area contributed by atoms with Crippen LogP contribution in [0, 0.1) is 6.92 Å². The first kappa shape index (κ1) is 9.51. The molecule has 5 nitrogen and oxygen atoms in total. The van der Waals surface area contributed by atoms with E-state index in [4.69, 9.17) is 0 Å². The predicted octanol–water partition coefficient (Wildman–Crippen LogP) is 0.514. The number of hydrogen-bond acceptors (Lipinski definition) is 2. The molecule has 0 unspecified atom stereocenters. The Balaban J connectivity index is 2.35. The highest BCUT2D eigenvalue weighted by molar-refractivity contribution is 6.13. The van der Waals surface area contributed by atoms with Crippen LogP contribution in [0.25, 0.3) is 6.08 Å². The fourth-order valence-electron chi connectivity index (χ4n) is 1.41. The minimum atomic E-state index is -0.475. The summed E-state index contributed by atoms with van der Waals surface area (Å²) in [5, 5.41) is 4.58. The normalized spacial score (nSPS) is 18.1. The van der Waals surface area contributed by atoms with Crippen molar-refractivity contribution in [2.75, 3.05) is 0 Å². The van der Waals surface area contributed by atoms with Gasteiger partial charge in [0.2, 0.25) is 0 Å². The Labute approximate surface area is 86.8 Å². The summed E-state index contributed by atoms with van der Waals surface area (Å²) in [4.78, 5) is 22.1. The summed E-state index contributed by atoms with van der Waals surface area (Å²) in [7, 11) is 1.90. The first-order valence-corrected chi connectivity index (χ1v) is 4.54. The van der Waals surface area contributed by atoms with Crippen LogP contribution in [-0.2, 0) is 11.8 Å². The molecule has 0 bridgehead atoms. The molecule has 0 aromatic carbocycles. The highest BCUT2D eigenvalue weighted by Gasteiger charge is 2.22. The summed E-state index contributed by atoms with van der Waals surface area (Å²) < 4.78 is 1.94. The van der Waals surface area contributed by atoms with Crippen molar-refractivity contribution < 1.29 is 9.59 Å². The average molecular weight is 205 g/mol. The molecule has 1 aliphatic heterocycles. The van der Waals surface area contributed by atoms with Crippen LogP contribution >= 0.6 is 0 Å². The van der Waals surface area contributed by atoms with Crippen LogP contribution in [0.2, 0.25) is 0 Å². The third-order valence-corrected chi connectivity index (χ3v) is 2.42. The van der Waals surface area contributed by atoms with Crippen molar-refractivity contribution in [3.63, 3.8) is 0 Å². The molecule has 1 saturated heterocycles. The number of nitrogens with zero attached hydrogens (tertiary/aromatic N) is 1. The van der Waals surface area contributed by atoms with Crippen molar-refractivity contribution in [3.05, 3.63) is 29.2 Å². The van der Waals surface area contributed by atoms with E-state index in [9.17, 15) is 9.59 Å². The molecule has 1 aliphatic rings. The average Bonchev–Trinajstić information content (AvgIpc) is 2.64. The zero-order chi connectivity index (χ0) is 11.0. The molecule has 3 amide bonds. The minimum Gasteiger partial charge on any atom is -0.348 e. The number of carbonyl (C=O) groups excluding carboxylic acids is 2. The number of carbonyl (C=O) groups is 2. The maximum atomic E-state index is 11.2. The lowest BCUT2D eigenvalue weighted by Crippen LogP contribution is -2.22. The number of urea groups is 1.